The van der Waals surface area contributed by atoms with Crippen LogP contribution < -0.4 is 15.2 Å². The molecule has 2 N–H and O–H groups in total. The van der Waals surface area contributed by atoms with Gasteiger partial charge in [0.1, 0.15) is 17.6 Å². The molecule has 118 valence electrons. The Morgan fingerprint density at radius 3 is 2.48 bits per heavy atom. The minimum atomic E-state index is 0.0123. The predicted molar refractivity (Wildman–Crippen MR) is 87.1 cm³/mol. The number of benzene rings is 1. The summed E-state index contributed by atoms with van der Waals surface area (Å²) in [6.07, 6.45) is 2.17. The summed E-state index contributed by atoms with van der Waals surface area (Å²) < 4.78 is 11.7. The summed E-state index contributed by atoms with van der Waals surface area (Å²) in [5.41, 5.74) is 7.45. The van der Waals surface area contributed by atoms with Crippen molar-refractivity contribution in [1.82, 2.24) is 0 Å². The van der Waals surface area contributed by atoms with E-state index in [1.807, 2.05) is 12.1 Å². The maximum Gasteiger partial charge on any atom is 0.123 e. The Labute approximate surface area is 128 Å². The molecule has 0 radical (unpaired) electrons. The van der Waals surface area contributed by atoms with E-state index >= 15 is 0 Å². The second kappa shape index (κ2) is 5.53. The van der Waals surface area contributed by atoms with Gasteiger partial charge in [-0.1, -0.05) is 34.6 Å². The van der Waals surface area contributed by atoms with Crippen LogP contribution in [0.1, 0.15) is 53.0 Å². The Hall–Kier alpha value is -1.22. The first kappa shape index (κ1) is 16.2. The molecule has 0 aliphatic heterocycles. The normalized spacial score (nSPS) is 28.9. The maximum atomic E-state index is 6.35. The quantitative estimate of drug-likeness (QED) is 0.915. The number of methoxy groups -OCH3 is 1. The van der Waals surface area contributed by atoms with Crippen molar-refractivity contribution in [2.24, 2.45) is 11.1 Å². The molecule has 0 aromatic heterocycles. The van der Waals surface area contributed by atoms with Crippen molar-refractivity contribution in [2.45, 2.75) is 65.0 Å². The van der Waals surface area contributed by atoms with Crippen molar-refractivity contribution >= 4 is 0 Å². The van der Waals surface area contributed by atoms with E-state index in [1.54, 1.807) is 7.11 Å². The highest BCUT2D eigenvalue weighted by Gasteiger charge is 2.50. The largest absolute Gasteiger partial charge is 0.497 e. The number of rotatable bonds is 4. The van der Waals surface area contributed by atoms with Crippen LogP contribution in [0.3, 0.4) is 0 Å². The van der Waals surface area contributed by atoms with E-state index in [-0.39, 0.29) is 23.0 Å². The van der Waals surface area contributed by atoms with E-state index in [1.165, 1.54) is 5.56 Å². The highest BCUT2D eigenvalue weighted by atomic mass is 16.5. The Bertz CT molecular complexity index is 506. The van der Waals surface area contributed by atoms with E-state index in [0.717, 1.165) is 24.3 Å². The van der Waals surface area contributed by atoms with Crippen molar-refractivity contribution in [3.63, 3.8) is 0 Å². The summed E-state index contributed by atoms with van der Waals surface area (Å²) in [6, 6.07) is 6.31. The molecule has 21 heavy (non-hydrogen) atoms. The van der Waals surface area contributed by atoms with E-state index in [0.29, 0.717) is 0 Å². The zero-order chi connectivity index (χ0) is 15.8. The Kier molecular flexibility index (Phi) is 4.25. The van der Waals surface area contributed by atoms with Crippen molar-refractivity contribution in [3.8, 4) is 11.5 Å². The topological polar surface area (TPSA) is 44.5 Å². The SMILES string of the molecule is CCC1(C)C(N)CC1Oc1ccc(OC)cc1C(C)(C)C. The molecule has 0 heterocycles. The maximum absolute atomic E-state index is 6.35. The van der Waals surface area contributed by atoms with Crippen LogP contribution >= 0.6 is 0 Å². The van der Waals surface area contributed by atoms with Gasteiger partial charge in [-0.25, -0.2) is 0 Å². The number of hydrogen-bond acceptors (Lipinski definition) is 3. The van der Waals surface area contributed by atoms with Crippen LogP contribution in [0.15, 0.2) is 18.2 Å². The number of hydrogen-bond donors (Lipinski definition) is 1. The van der Waals surface area contributed by atoms with Gasteiger partial charge in [0.15, 0.2) is 0 Å². The highest BCUT2D eigenvalue weighted by molar-refractivity contribution is 5.44. The number of ether oxygens (including phenoxy) is 2. The second-order valence-corrected chi connectivity index (χ2v) is 7.42. The van der Waals surface area contributed by atoms with Crippen molar-refractivity contribution in [3.05, 3.63) is 23.8 Å². The van der Waals surface area contributed by atoms with Crippen LogP contribution in [0, 0.1) is 5.41 Å². The molecule has 1 fully saturated rings. The third-order valence-corrected chi connectivity index (χ3v) is 5.08. The first-order valence-electron chi connectivity index (χ1n) is 7.83. The molecule has 3 atom stereocenters. The summed E-state index contributed by atoms with van der Waals surface area (Å²) >= 11 is 0. The molecule has 2 rings (SSSR count). The Morgan fingerprint density at radius 1 is 1.33 bits per heavy atom. The first-order chi connectivity index (χ1) is 9.72. The third-order valence-electron chi connectivity index (χ3n) is 5.08. The minimum Gasteiger partial charge on any atom is -0.497 e. The lowest BCUT2D eigenvalue weighted by molar-refractivity contribution is -0.0568. The van der Waals surface area contributed by atoms with Gasteiger partial charge < -0.3 is 15.2 Å². The lowest BCUT2D eigenvalue weighted by Crippen LogP contribution is -2.61. The van der Waals surface area contributed by atoms with Gasteiger partial charge in [0.2, 0.25) is 0 Å². The molecular weight excluding hydrogens is 262 g/mol. The number of nitrogens with two attached hydrogens (primary N) is 1. The molecule has 1 aromatic carbocycles. The lowest BCUT2D eigenvalue weighted by atomic mass is 9.62. The minimum absolute atomic E-state index is 0.0123. The van der Waals surface area contributed by atoms with E-state index in [9.17, 15) is 0 Å². The predicted octanol–water partition coefficient (Wildman–Crippen LogP) is 3.89. The fourth-order valence-corrected chi connectivity index (χ4v) is 3.00. The van der Waals surface area contributed by atoms with Crippen LogP contribution in [0.25, 0.3) is 0 Å². The average Bonchev–Trinajstić information content (AvgIpc) is 2.45. The van der Waals surface area contributed by atoms with Gasteiger partial charge in [0.25, 0.3) is 0 Å². The van der Waals surface area contributed by atoms with E-state index in [4.69, 9.17) is 15.2 Å². The van der Waals surface area contributed by atoms with Crippen LogP contribution in [0.2, 0.25) is 0 Å². The molecule has 3 heteroatoms. The molecule has 0 spiro atoms. The van der Waals surface area contributed by atoms with Crippen LogP contribution in [0.5, 0.6) is 11.5 Å². The molecular formula is C18H29NO2. The fourth-order valence-electron chi connectivity index (χ4n) is 3.00. The van der Waals surface area contributed by atoms with Crippen LogP contribution in [-0.2, 0) is 5.41 Å². The molecule has 1 aliphatic carbocycles. The summed E-state index contributed by atoms with van der Waals surface area (Å²) in [5, 5.41) is 0. The summed E-state index contributed by atoms with van der Waals surface area (Å²) in [7, 11) is 1.70. The van der Waals surface area contributed by atoms with Crippen molar-refractivity contribution in [1.29, 1.82) is 0 Å². The molecule has 1 aromatic rings. The molecule has 3 unspecified atom stereocenters. The van der Waals surface area contributed by atoms with E-state index in [2.05, 4.69) is 40.7 Å². The van der Waals surface area contributed by atoms with Gasteiger partial charge in [0.05, 0.1) is 7.11 Å². The van der Waals surface area contributed by atoms with Crippen LogP contribution in [0.4, 0.5) is 0 Å². The fraction of sp³-hybridized carbons (Fsp3) is 0.667. The monoisotopic (exact) mass is 291 g/mol. The Balaban J connectivity index is 2.29. The lowest BCUT2D eigenvalue weighted by Gasteiger charge is -2.51. The van der Waals surface area contributed by atoms with Gasteiger partial charge in [-0.15, -0.1) is 0 Å². The molecule has 0 amide bonds. The zero-order valence-corrected chi connectivity index (χ0v) is 14.2. The standard InChI is InChI=1S/C18H29NO2/c1-7-18(5)15(19)11-16(18)21-14-9-8-12(20-6)10-13(14)17(2,3)4/h8-10,15-16H,7,11,19H2,1-6H3. The van der Waals surface area contributed by atoms with Gasteiger partial charge in [-0.3, -0.25) is 0 Å². The first-order valence-corrected chi connectivity index (χ1v) is 7.83. The van der Waals surface area contributed by atoms with E-state index < -0.39 is 0 Å². The van der Waals surface area contributed by atoms with Gasteiger partial charge in [-0.05, 0) is 30.0 Å². The molecule has 1 aliphatic rings. The summed E-state index contributed by atoms with van der Waals surface area (Å²) in [5.74, 6) is 1.83. The van der Waals surface area contributed by atoms with Gasteiger partial charge in [0, 0.05) is 23.4 Å². The Morgan fingerprint density at radius 2 is 2.00 bits per heavy atom. The van der Waals surface area contributed by atoms with Crippen molar-refractivity contribution in [2.75, 3.05) is 7.11 Å². The highest BCUT2D eigenvalue weighted by Crippen LogP contribution is 2.46. The zero-order valence-electron chi connectivity index (χ0n) is 14.2. The molecule has 0 saturated heterocycles. The molecule has 1 saturated carbocycles. The van der Waals surface area contributed by atoms with Crippen LogP contribution in [-0.4, -0.2) is 19.3 Å². The van der Waals surface area contributed by atoms with Crippen molar-refractivity contribution < 1.29 is 9.47 Å². The average molecular weight is 291 g/mol. The summed E-state index contributed by atoms with van der Waals surface area (Å²) in [6.45, 7) is 11.0. The van der Waals surface area contributed by atoms with Gasteiger partial charge >= 0.3 is 0 Å². The summed E-state index contributed by atoms with van der Waals surface area (Å²) in [4.78, 5) is 0. The second-order valence-electron chi connectivity index (χ2n) is 7.42. The molecule has 3 nitrogen and oxygen atoms in total. The van der Waals surface area contributed by atoms with Gasteiger partial charge in [-0.2, -0.15) is 0 Å². The third kappa shape index (κ3) is 2.89. The smallest absolute Gasteiger partial charge is 0.123 e. The molecule has 0 bridgehead atoms.